The van der Waals surface area contributed by atoms with Gasteiger partial charge in [0.2, 0.25) is 0 Å². The van der Waals surface area contributed by atoms with Gasteiger partial charge in [-0.15, -0.1) is 0 Å². The maximum absolute atomic E-state index is 11.9. The summed E-state index contributed by atoms with van der Waals surface area (Å²) in [4.78, 5) is 27.4. The Bertz CT molecular complexity index is 389. The first-order valence-electron chi connectivity index (χ1n) is 5.62. The van der Waals surface area contributed by atoms with E-state index in [0.717, 1.165) is 7.11 Å². The zero-order valence-electron chi connectivity index (χ0n) is 12.3. The molecular formula is C11H21O7P. The molecule has 0 N–H and O–H groups in total. The summed E-state index contributed by atoms with van der Waals surface area (Å²) in [7, 11) is -3.25. The van der Waals surface area contributed by atoms with Crippen LogP contribution in [0.3, 0.4) is 0 Å². The van der Waals surface area contributed by atoms with Crippen molar-refractivity contribution >= 4 is 19.8 Å². The van der Waals surface area contributed by atoms with E-state index in [1.807, 2.05) is 0 Å². The average molecular weight is 296 g/mol. The van der Waals surface area contributed by atoms with Gasteiger partial charge in [0.15, 0.2) is 0 Å². The molecule has 0 saturated heterocycles. The van der Waals surface area contributed by atoms with Gasteiger partial charge in [-0.25, -0.2) is 9.36 Å². The predicted octanol–water partition coefficient (Wildman–Crippen LogP) is 2.85. The van der Waals surface area contributed by atoms with Crippen molar-refractivity contribution in [2.24, 2.45) is 10.8 Å². The lowest BCUT2D eigenvalue weighted by Gasteiger charge is -2.21. The molecular weight excluding hydrogens is 275 g/mol. The van der Waals surface area contributed by atoms with Crippen molar-refractivity contribution in [1.82, 2.24) is 0 Å². The Hall–Kier alpha value is -0.910. The molecule has 0 aliphatic rings. The summed E-state index contributed by atoms with van der Waals surface area (Å²) in [5.41, 5.74) is -1.75. The quantitative estimate of drug-likeness (QED) is 0.447. The predicted molar refractivity (Wildman–Crippen MR) is 66.8 cm³/mol. The van der Waals surface area contributed by atoms with Crippen LogP contribution in [-0.2, 0) is 32.8 Å². The zero-order chi connectivity index (χ0) is 15.5. The van der Waals surface area contributed by atoms with Crippen molar-refractivity contribution < 1.29 is 32.8 Å². The van der Waals surface area contributed by atoms with Crippen LogP contribution in [0.4, 0.5) is 0 Å². The lowest BCUT2D eigenvalue weighted by molar-refractivity contribution is -0.233. The Kier molecular flexibility index (Phi) is 5.74. The minimum absolute atomic E-state index is 0.767. The molecule has 112 valence electrons. The third-order valence-corrected chi connectivity index (χ3v) is 2.94. The first kappa shape index (κ1) is 18.1. The monoisotopic (exact) mass is 296 g/mol. The van der Waals surface area contributed by atoms with Crippen molar-refractivity contribution in [2.45, 2.75) is 41.5 Å². The van der Waals surface area contributed by atoms with E-state index < -0.39 is 30.6 Å². The lowest BCUT2D eigenvalue weighted by Crippen LogP contribution is -2.25. The third kappa shape index (κ3) is 6.18. The van der Waals surface area contributed by atoms with E-state index in [1.54, 1.807) is 41.5 Å². The molecule has 0 bridgehead atoms. The van der Waals surface area contributed by atoms with Crippen LogP contribution >= 0.6 is 7.82 Å². The SMILES string of the molecule is COP(=O)(OOC(=O)C(C)(C)C)OC(=O)C(C)(C)C. The molecule has 0 heterocycles. The fourth-order valence-electron chi connectivity index (χ4n) is 0.526. The lowest BCUT2D eigenvalue weighted by atomic mass is 9.98. The molecule has 0 amide bonds. The molecule has 0 rings (SSSR count). The van der Waals surface area contributed by atoms with Crippen LogP contribution in [0.5, 0.6) is 0 Å². The molecule has 0 spiro atoms. The van der Waals surface area contributed by atoms with Crippen LogP contribution in [0.25, 0.3) is 0 Å². The van der Waals surface area contributed by atoms with Crippen LogP contribution in [0.1, 0.15) is 41.5 Å². The first-order chi connectivity index (χ1) is 8.32. The molecule has 0 aliphatic heterocycles. The van der Waals surface area contributed by atoms with Gasteiger partial charge in [-0.05, 0) is 41.5 Å². The van der Waals surface area contributed by atoms with Gasteiger partial charge in [0.05, 0.1) is 10.8 Å². The Labute approximate surface area is 113 Å². The molecule has 0 fully saturated rings. The molecule has 0 aromatic heterocycles. The summed E-state index contributed by atoms with van der Waals surface area (Å²) in [6, 6.07) is 0. The van der Waals surface area contributed by atoms with Crippen LogP contribution in [0.15, 0.2) is 0 Å². The molecule has 0 aromatic rings. The van der Waals surface area contributed by atoms with E-state index in [2.05, 4.69) is 18.6 Å². The first-order valence-corrected chi connectivity index (χ1v) is 7.08. The summed E-state index contributed by atoms with van der Waals surface area (Å²) < 4.78 is 25.4. The molecule has 0 saturated carbocycles. The van der Waals surface area contributed by atoms with Gasteiger partial charge in [0.25, 0.3) is 0 Å². The largest absolute Gasteiger partial charge is 0.568 e. The highest BCUT2D eigenvalue weighted by Gasteiger charge is 2.38. The van der Waals surface area contributed by atoms with Gasteiger partial charge >= 0.3 is 19.8 Å². The van der Waals surface area contributed by atoms with E-state index in [4.69, 9.17) is 0 Å². The highest BCUT2D eigenvalue weighted by Crippen LogP contribution is 2.50. The molecule has 7 nitrogen and oxygen atoms in total. The van der Waals surface area contributed by atoms with E-state index in [9.17, 15) is 14.2 Å². The second kappa shape index (κ2) is 6.03. The second-order valence-electron chi connectivity index (χ2n) is 5.95. The third-order valence-electron chi connectivity index (χ3n) is 1.85. The van der Waals surface area contributed by atoms with E-state index in [0.29, 0.717) is 0 Å². The van der Waals surface area contributed by atoms with Gasteiger partial charge in [-0.2, -0.15) is 0 Å². The second-order valence-corrected chi connectivity index (χ2v) is 7.55. The minimum Gasteiger partial charge on any atom is -0.368 e. The number of hydrogen-bond acceptors (Lipinski definition) is 7. The topological polar surface area (TPSA) is 88.1 Å². The normalized spacial score (nSPS) is 15.5. The number of phosphoric acid groups is 1. The maximum Gasteiger partial charge on any atom is 0.568 e. The van der Waals surface area contributed by atoms with Crippen LogP contribution in [-0.4, -0.2) is 19.0 Å². The Morgan fingerprint density at radius 1 is 0.895 bits per heavy atom. The standard InChI is InChI=1S/C11H21O7P/c1-10(2,3)8(12)16-18-19(14,15-7)17-9(13)11(4,5)6/h1-7H3. The summed E-state index contributed by atoms with van der Waals surface area (Å²) in [5.74, 6) is -1.57. The van der Waals surface area contributed by atoms with Crippen LogP contribution in [0, 0.1) is 10.8 Å². The van der Waals surface area contributed by atoms with Gasteiger partial charge in [0.1, 0.15) is 0 Å². The molecule has 0 radical (unpaired) electrons. The smallest absolute Gasteiger partial charge is 0.368 e. The molecule has 0 aromatic carbocycles. The van der Waals surface area contributed by atoms with Crippen LogP contribution in [0.2, 0.25) is 0 Å². The Balaban J connectivity index is 4.70. The van der Waals surface area contributed by atoms with E-state index in [-0.39, 0.29) is 0 Å². The fraction of sp³-hybridized carbons (Fsp3) is 0.818. The van der Waals surface area contributed by atoms with Gasteiger partial charge in [0, 0.05) is 7.11 Å². The van der Waals surface area contributed by atoms with Crippen molar-refractivity contribution in [3.63, 3.8) is 0 Å². The van der Waals surface area contributed by atoms with Crippen LogP contribution < -0.4 is 0 Å². The van der Waals surface area contributed by atoms with Gasteiger partial charge < -0.3 is 4.52 Å². The summed E-state index contributed by atoms with van der Waals surface area (Å²) in [5, 5.41) is 0. The minimum atomic E-state index is -4.27. The summed E-state index contributed by atoms with van der Waals surface area (Å²) in [6.45, 7) is 9.44. The number of rotatable bonds is 4. The Morgan fingerprint density at radius 3 is 1.63 bits per heavy atom. The number of phosphoric ester groups is 1. The molecule has 8 heteroatoms. The van der Waals surface area contributed by atoms with E-state index >= 15 is 0 Å². The van der Waals surface area contributed by atoms with Gasteiger partial charge in [-0.1, -0.05) is 4.67 Å². The number of hydrogen-bond donors (Lipinski definition) is 0. The average Bonchev–Trinajstić information content (AvgIpc) is 2.23. The van der Waals surface area contributed by atoms with Crippen molar-refractivity contribution in [1.29, 1.82) is 0 Å². The molecule has 1 atom stereocenters. The number of carbonyl (C=O) groups is 2. The van der Waals surface area contributed by atoms with E-state index in [1.165, 1.54) is 0 Å². The van der Waals surface area contributed by atoms with Gasteiger partial charge in [-0.3, -0.25) is 14.2 Å². The van der Waals surface area contributed by atoms with Crippen molar-refractivity contribution in [2.75, 3.05) is 7.11 Å². The molecule has 0 aliphatic carbocycles. The Morgan fingerprint density at radius 2 is 1.32 bits per heavy atom. The zero-order valence-corrected chi connectivity index (χ0v) is 13.2. The summed E-state index contributed by atoms with van der Waals surface area (Å²) >= 11 is 0. The fourth-order valence-corrected chi connectivity index (χ4v) is 1.33. The van der Waals surface area contributed by atoms with Crippen molar-refractivity contribution in [3.8, 4) is 0 Å². The highest BCUT2D eigenvalue weighted by atomic mass is 31.2. The molecule has 1 unspecified atom stereocenters. The highest BCUT2D eigenvalue weighted by molar-refractivity contribution is 7.48. The molecule has 19 heavy (non-hydrogen) atoms. The summed E-state index contributed by atoms with van der Waals surface area (Å²) in [6.07, 6.45) is 0. The maximum atomic E-state index is 11.9. The van der Waals surface area contributed by atoms with Crippen molar-refractivity contribution in [3.05, 3.63) is 0 Å². The number of carbonyl (C=O) groups excluding carboxylic acids is 2.